The number of rotatable bonds is 3. The van der Waals surface area contributed by atoms with Crippen molar-refractivity contribution in [3.63, 3.8) is 0 Å². The predicted octanol–water partition coefficient (Wildman–Crippen LogP) is 3.57. The molecule has 126 valence electrons. The van der Waals surface area contributed by atoms with Gasteiger partial charge in [-0.05, 0) is 60.3 Å². The maximum absolute atomic E-state index is 6.70. The molecule has 1 aromatic carbocycles. The molecule has 10 rings (SSSR count). The van der Waals surface area contributed by atoms with Crippen LogP contribution in [0.25, 0.3) is 0 Å². The Bertz CT molecular complexity index is 856. The second kappa shape index (κ2) is 3.27. The average molecular weight is 330 g/mol. The summed E-state index contributed by atoms with van der Waals surface area (Å²) in [6.07, 6.45) is 4.43. The molecule has 10 atom stereocenters. The largest absolute Gasteiger partial charge is 0.373 e. The van der Waals surface area contributed by atoms with Crippen molar-refractivity contribution in [3.8, 4) is 0 Å². The lowest BCUT2D eigenvalue weighted by Gasteiger charge is -2.43. The first-order valence-corrected chi connectivity index (χ1v) is 10.4. The summed E-state index contributed by atoms with van der Waals surface area (Å²) in [7, 11) is 0. The first-order chi connectivity index (χ1) is 12.4. The van der Waals surface area contributed by atoms with Crippen LogP contribution in [0.5, 0.6) is 0 Å². The molecule has 9 aliphatic rings. The zero-order chi connectivity index (χ0) is 15.7. The number of hydrogen-bond donors (Lipinski definition) is 0. The summed E-state index contributed by atoms with van der Waals surface area (Å²) in [6.45, 7) is 0.775. The summed E-state index contributed by atoms with van der Waals surface area (Å²) in [4.78, 5) is 0. The van der Waals surface area contributed by atoms with Gasteiger partial charge in [0.15, 0.2) is 0 Å². The summed E-state index contributed by atoms with van der Waals surface area (Å²) in [6, 6.07) is 10.6. The predicted molar refractivity (Wildman–Crippen MR) is 90.4 cm³/mol. The molecule has 9 fully saturated rings. The Labute approximate surface area is 147 Å². The summed E-state index contributed by atoms with van der Waals surface area (Å²) < 4.78 is 12.9. The summed E-state index contributed by atoms with van der Waals surface area (Å²) in [5.74, 6) is 7.96. The Hall–Kier alpha value is -1.12. The van der Waals surface area contributed by atoms with Crippen molar-refractivity contribution in [2.75, 3.05) is 0 Å². The highest BCUT2D eigenvalue weighted by atomic mass is 16.6. The van der Waals surface area contributed by atoms with Crippen molar-refractivity contribution in [2.45, 2.75) is 43.2 Å². The monoisotopic (exact) mass is 330 g/mol. The molecule has 0 radical (unpaired) electrons. The molecular weight excluding hydrogens is 308 g/mol. The van der Waals surface area contributed by atoms with Gasteiger partial charge < -0.3 is 9.47 Å². The Balaban J connectivity index is 1.03. The van der Waals surface area contributed by atoms with E-state index in [-0.39, 0.29) is 0 Å². The van der Waals surface area contributed by atoms with Crippen LogP contribution in [0.1, 0.15) is 24.8 Å². The molecule has 2 spiro atoms. The topological polar surface area (TPSA) is 21.8 Å². The third-order valence-electron chi connectivity index (χ3n) is 10.3. The van der Waals surface area contributed by atoms with E-state index in [2.05, 4.69) is 30.3 Å². The maximum Gasteiger partial charge on any atom is 0.109 e. The molecule has 0 unspecified atom stereocenters. The quantitative estimate of drug-likeness (QED) is 0.624. The highest BCUT2D eigenvalue weighted by Gasteiger charge is 3.07. The van der Waals surface area contributed by atoms with Gasteiger partial charge in [0.05, 0.1) is 12.7 Å². The third kappa shape index (κ3) is 0.907. The molecule has 8 aliphatic carbocycles. The SMILES string of the molecule is c1ccc(COC2CC(=C3[C@H]4[C@H]5[C@H]6[C@H]7[C@H]5[C@H]3[C@@]35O[C@]43[C@@H]6C[C@@H]75)C2)cc1. The molecule has 25 heavy (non-hydrogen) atoms. The molecule has 2 heteroatoms. The van der Waals surface area contributed by atoms with Gasteiger partial charge >= 0.3 is 0 Å². The van der Waals surface area contributed by atoms with Gasteiger partial charge in [-0.1, -0.05) is 41.5 Å². The van der Waals surface area contributed by atoms with Gasteiger partial charge in [-0.2, -0.15) is 0 Å². The molecule has 0 N–H and O–H groups in total. The smallest absolute Gasteiger partial charge is 0.109 e. The maximum atomic E-state index is 6.70. The van der Waals surface area contributed by atoms with Crippen molar-refractivity contribution < 1.29 is 9.47 Å². The standard InChI is InChI=1S/C23H22O2/c1-2-4-10(5-3-1)9-24-12-6-11(7-12)15-20-18-16-13-8-14-17(16)19(18)21(15)23(14)22(13,20)25-23/h1-5,12-14,16-21H,6-9H2/t12?,13-,14+,16-,17+,18+,19-,20-,21-,22+,23+/m0/s1. The lowest BCUT2D eigenvalue weighted by atomic mass is 9.60. The van der Waals surface area contributed by atoms with E-state index in [0.29, 0.717) is 17.3 Å². The lowest BCUT2D eigenvalue weighted by molar-refractivity contribution is 0.0143. The van der Waals surface area contributed by atoms with Gasteiger partial charge in [0, 0.05) is 11.8 Å². The van der Waals surface area contributed by atoms with E-state index in [0.717, 1.165) is 54.0 Å². The van der Waals surface area contributed by atoms with E-state index in [1.54, 1.807) is 12.0 Å². The molecule has 4 bridgehead atoms. The van der Waals surface area contributed by atoms with Crippen LogP contribution in [0, 0.1) is 47.3 Å². The average Bonchev–Trinajstić information content (AvgIpc) is 2.71. The van der Waals surface area contributed by atoms with E-state index in [1.807, 2.05) is 5.57 Å². The van der Waals surface area contributed by atoms with E-state index in [9.17, 15) is 0 Å². The fourth-order valence-electron chi connectivity index (χ4n) is 10.1. The molecule has 1 aliphatic heterocycles. The highest BCUT2D eigenvalue weighted by molar-refractivity contribution is 5.62. The second-order valence-corrected chi connectivity index (χ2v) is 10.3. The Morgan fingerprint density at radius 3 is 2.28 bits per heavy atom. The molecule has 2 nitrogen and oxygen atoms in total. The summed E-state index contributed by atoms with van der Waals surface area (Å²) in [5, 5.41) is 0. The minimum Gasteiger partial charge on any atom is -0.373 e. The van der Waals surface area contributed by atoms with Gasteiger partial charge in [0.1, 0.15) is 11.2 Å². The zero-order valence-electron chi connectivity index (χ0n) is 14.2. The Kier molecular flexibility index (Phi) is 1.61. The molecule has 0 aromatic heterocycles. The van der Waals surface area contributed by atoms with Crippen LogP contribution < -0.4 is 0 Å². The minimum atomic E-state index is 0.388. The summed E-state index contributed by atoms with van der Waals surface area (Å²) in [5.41, 5.74) is 5.83. The Morgan fingerprint density at radius 2 is 1.60 bits per heavy atom. The zero-order valence-corrected chi connectivity index (χ0v) is 14.2. The molecule has 8 saturated carbocycles. The van der Waals surface area contributed by atoms with E-state index < -0.39 is 0 Å². The number of benzene rings is 1. The minimum absolute atomic E-state index is 0.388. The molecule has 1 saturated heterocycles. The lowest BCUT2D eigenvalue weighted by Crippen LogP contribution is -2.41. The van der Waals surface area contributed by atoms with Crippen LogP contribution in [0.15, 0.2) is 41.5 Å². The molecule has 1 heterocycles. The molecular formula is C23H22O2. The van der Waals surface area contributed by atoms with Gasteiger partial charge in [-0.3, -0.25) is 0 Å². The fourth-order valence-corrected chi connectivity index (χ4v) is 10.1. The number of ether oxygens (including phenoxy) is 2. The van der Waals surface area contributed by atoms with Gasteiger partial charge in [0.2, 0.25) is 0 Å². The van der Waals surface area contributed by atoms with Crippen LogP contribution in [0.4, 0.5) is 0 Å². The second-order valence-electron chi connectivity index (χ2n) is 10.3. The Morgan fingerprint density at radius 1 is 0.920 bits per heavy atom. The van der Waals surface area contributed by atoms with Crippen LogP contribution in [0.2, 0.25) is 0 Å². The molecule has 1 aromatic rings. The molecule has 0 amide bonds. The van der Waals surface area contributed by atoms with E-state index in [1.165, 1.54) is 18.4 Å². The first-order valence-electron chi connectivity index (χ1n) is 10.4. The fraction of sp³-hybridized carbons (Fsp3) is 0.652. The highest BCUT2D eigenvalue weighted by Crippen LogP contribution is 3.02. The van der Waals surface area contributed by atoms with E-state index in [4.69, 9.17) is 9.47 Å². The van der Waals surface area contributed by atoms with Gasteiger partial charge in [-0.15, -0.1) is 0 Å². The van der Waals surface area contributed by atoms with Gasteiger partial charge in [0.25, 0.3) is 0 Å². The number of hydrogen-bond acceptors (Lipinski definition) is 2. The van der Waals surface area contributed by atoms with Crippen LogP contribution >= 0.6 is 0 Å². The van der Waals surface area contributed by atoms with Crippen LogP contribution in [-0.4, -0.2) is 17.3 Å². The third-order valence-corrected chi connectivity index (χ3v) is 10.3. The van der Waals surface area contributed by atoms with Crippen molar-refractivity contribution >= 4 is 0 Å². The normalized spacial score (nSPS) is 64.2. The summed E-state index contributed by atoms with van der Waals surface area (Å²) >= 11 is 0. The van der Waals surface area contributed by atoms with E-state index >= 15 is 0 Å². The number of epoxide rings is 1. The van der Waals surface area contributed by atoms with Crippen molar-refractivity contribution in [2.24, 2.45) is 47.3 Å². The van der Waals surface area contributed by atoms with Gasteiger partial charge in [-0.25, -0.2) is 0 Å². The van der Waals surface area contributed by atoms with Crippen molar-refractivity contribution in [1.29, 1.82) is 0 Å². The van der Waals surface area contributed by atoms with Crippen LogP contribution in [0.3, 0.4) is 0 Å². The first kappa shape index (κ1) is 12.3. The van der Waals surface area contributed by atoms with Crippen molar-refractivity contribution in [1.82, 2.24) is 0 Å². The van der Waals surface area contributed by atoms with Crippen LogP contribution in [-0.2, 0) is 16.1 Å². The van der Waals surface area contributed by atoms with Crippen molar-refractivity contribution in [3.05, 3.63) is 47.0 Å².